The second kappa shape index (κ2) is 8.98. The number of hydrogen-bond acceptors (Lipinski definition) is 4. The summed E-state index contributed by atoms with van der Waals surface area (Å²) in [6.45, 7) is 7.19. The van der Waals surface area contributed by atoms with Crippen molar-refractivity contribution in [1.29, 1.82) is 0 Å². The molecule has 3 aliphatic rings. The van der Waals surface area contributed by atoms with E-state index in [1.807, 2.05) is 6.92 Å². The van der Waals surface area contributed by atoms with Gasteiger partial charge in [0.1, 0.15) is 12.4 Å². The van der Waals surface area contributed by atoms with Gasteiger partial charge < -0.3 is 4.74 Å². The molecule has 5 unspecified atom stereocenters. The number of nitrogens with zero attached hydrogens (tertiary/aromatic N) is 1. The molecule has 0 N–H and O–H groups in total. The first-order valence-corrected chi connectivity index (χ1v) is 9.96. The summed E-state index contributed by atoms with van der Waals surface area (Å²) in [7, 11) is 0.913. The SMILES string of the molecule is CCCC(=O)CCCC(=O)OCC1PC2CCN1CC2CC. The van der Waals surface area contributed by atoms with Gasteiger partial charge in [-0.3, -0.25) is 14.5 Å². The van der Waals surface area contributed by atoms with E-state index in [1.165, 1.54) is 25.9 Å². The molecule has 0 aromatic carbocycles. The Morgan fingerprint density at radius 3 is 2.68 bits per heavy atom. The van der Waals surface area contributed by atoms with Crippen molar-refractivity contribution in [2.24, 2.45) is 5.92 Å². The lowest BCUT2D eigenvalue weighted by Crippen LogP contribution is -2.52. The van der Waals surface area contributed by atoms with Crippen LogP contribution in [-0.4, -0.2) is 47.8 Å². The van der Waals surface area contributed by atoms with Gasteiger partial charge in [0.25, 0.3) is 0 Å². The van der Waals surface area contributed by atoms with Crippen LogP contribution in [0.4, 0.5) is 0 Å². The van der Waals surface area contributed by atoms with Gasteiger partial charge in [-0.2, -0.15) is 0 Å². The summed E-state index contributed by atoms with van der Waals surface area (Å²) in [4.78, 5) is 25.7. The van der Waals surface area contributed by atoms with Crippen LogP contribution in [0.25, 0.3) is 0 Å². The van der Waals surface area contributed by atoms with Gasteiger partial charge in [0.05, 0.1) is 5.78 Å². The summed E-state index contributed by atoms with van der Waals surface area (Å²) >= 11 is 0. The minimum atomic E-state index is -0.135. The summed E-state index contributed by atoms with van der Waals surface area (Å²) in [5, 5.41) is 0. The number of carbonyl (C=O) groups excluding carboxylic acids is 2. The third-order valence-corrected chi connectivity index (χ3v) is 7.01. The van der Waals surface area contributed by atoms with Crippen LogP contribution in [-0.2, 0) is 14.3 Å². The van der Waals surface area contributed by atoms with Crippen LogP contribution < -0.4 is 0 Å². The highest BCUT2D eigenvalue weighted by Gasteiger charge is 2.39. The number of piperidine rings is 1. The van der Waals surface area contributed by atoms with Gasteiger partial charge in [-0.25, -0.2) is 0 Å². The Labute approximate surface area is 136 Å². The van der Waals surface area contributed by atoms with Gasteiger partial charge in [-0.05, 0) is 37.4 Å². The van der Waals surface area contributed by atoms with Crippen molar-refractivity contribution >= 4 is 20.3 Å². The van der Waals surface area contributed by atoms with Crippen LogP contribution in [0.2, 0.25) is 0 Å². The van der Waals surface area contributed by atoms with Crippen molar-refractivity contribution in [2.75, 3.05) is 19.7 Å². The molecule has 4 nitrogen and oxygen atoms in total. The normalized spacial score (nSPS) is 31.4. The van der Waals surface area contributed by atoms with Crippen LogP contribution in [0.5, 0.6) is 0 Å². The maximum atomic E-state index is 11.8. The highest BCUT2D eigenvalue weighted by Crippen LogP contribution is 2.45. The number of ether oxygens (including phenoxy) is 1. The number of fused-ring (bicyclic) bond motifs is 3. The molecule has 22 heavy (non-hydrogen) atoms. The van der Waals surface area contributed by atoms with Crippen molar-refractivity contribution in [1.82, 2.24) is 4.90 Å². The average Bonchev–Trinajstić information content (AvgIpc) is 2.53. The molecule has 0 aromatic rings. The molecule has 3 rings (SSSR count). The molecule has 3 fully saturated rings. The van der Waals surface area contributed by atoms with Crippen LogP contribution >= 0.6 is 8.58 Å². The number of Topliss-reactive ketones (excluding diaryl/α,β-unsaturated/α-hetero) is 1. The molecular weight excluding hydrogens is 297 g/mol. The molecule has 0 aromatic heterocycles. The highest BCUT2D eigenvalue weighted by atomic mass is 31.1. The van der Waals surface area contributed by atoms with E-state index in [0.29, 0.717) is 38.1 Å². The Hall–Kier alpha value is -0.470. The van der Waals surface area contributed by atoms with E-state index in [4.69, 9.17) is 4.74 Å². The van der Waals surface area contributed by atoms with Crippen LogP contribution in [0, 0.1) is 5.92 Å². The number of hydrogen-bond donors (Lipinski definition) is 0. The van der Waals surface area contributed by atoms with E-state index in [1.54, 1.807) is 0 Å². The van der Waals surface area contributed by atoms with Gasteiger partial charge in [-0.15, -0.1) is 0 Å². The number of carbonyl (C=O) groups is 2. The zero-order valence-corrected chi connectivity index (χ0v) is 15.0. The topological polar surface area (TPSA) is 46.6 Å². The van der Waals surface area contributed by atoms with E-state index >= 15 is 0 Å². The number of ketones is 1. The van der Waals surface area contributed by atoms with Crippen molar-refractivity contribution in [3.63, 3.8) is 0 Å². The summed E-state index contributed by atoms with van der Waals surface area (Å²) < 4.78 is 5.46. The van der Waals surface area contributed by atoms with Crippen molar-refractivity contribution in [3.05, 3.63) is 0 Å². The summed E-state index contributed by atoms with van der Waals surface area (Å²) in [5.41, 5.74) is 0.852. The summed E-state index contributed by atoms with van der Waals surface area (Å²) in [6.07, 6.45) is 5.64. The first-order valence-electron chi connectivity index (χ1n) is 8.81. The molecular formula is C17H30NO3P. The fourth-order valence-electron chi connectivity index (χ4n) is 3.56. The van der Waals surface area contributed by atoms with Crippen molar-refractivity contribution < 1.29 is 14.3 Å². The lowest BCUT2D eigenvalue weighted by atomic mass is 9.94. The monoisotopic (exact) mass is 327 g/mol. The van der Waals surface area contributed by atoms with Crippen LogP contribution in [0.3, 0.4) is 0 Å². The molecule has 0 aliphatic carbocycles. The molecule has 3 saturated heterocycles. The molecule has 0 amide bonds. The second-order valence-corrected chi connectivity index (χ2v) is 8.31. The first kappa shape index (κ1) is 17.9. The quantitative estimate of drug-likeness (QED) is 0.482. The van der Waals surface area contributed by atoms with E-state index in [-0.39, 0.29) is 11.8 Å². The predicted octanol–water partition coefficient (Wildman–Crippen LogP) is 3.19. The Morgan fingerprint density at radius 2 is 2.05 bits per heavy atom. The molecule has 0 spiro atoms. The lowest BCUT2D eigenvalue weighted by Gasteiger charge is -2.49. The third kappa shape index (κ3) is 5.03. The first-order chi connectivity index (χ1) is 10.6. The van der Waals surface area contributed by atoms with Gasteiger partial charge in [-0.1, -0.05) is 28.8 Å². The third-order valence-electron chi connectivity index (χ3n) is 4.90. The fourth-order valence-corrected chi connectivity index (χ4v) is 5.59. The van der Waals surface area contributed by atoms with Gasteiger partial charge in [0.15, 0.2) is 0 Å². The van der Waals surface area contributed by atoms with Gasteiger partial charge in [0.2, 0.25) is 0 Å². The minimum Gasteiger partial charge on any atom is -0.464 e. The smallest absolute Gasteiger partial charge is 0.305 e. The Bertz CT molecular complexity index is 388. The van der Waals surface area contributed by atoms with Crippen molar-refractivity contribution in [3.8, 4) is 0 Å². The molecule has 2 bridgehead atoms. The molecule has 126 valence electrons. The Kier molecular flexibility index (Phi) is 7.30. The predicted molar refractivity (Wildman–Crippen MR) is 90.6 cm³/mol. The molecule has 5 heteroatoms. The zero-order valence-electron chi connectivity index (χ0n) is 14.0. The largest absolute Gasteiger partial charge is 0.464 e. The highest BCUT2D eigenvalue weighted by molar-refractivity contribution is 7.40. The number of rotatable bonds is 9. The van der Waals surface area contributed by atoms with Crippen molar-refractivity contribution in [2.45, 2.75) is 70.2 Å². The fraction of sp³-hybridized carbons (Fsp3) is 0.882. The zero-order chi connectivity index (χ0) is 15.9. The number of esters is 1. The van der Waals surface area contributed by atoms with E-state index in [0.717, 1.165) is 26.6 Å². The maximum absolute atomic E-state index is 11.8. The second-order valence-electron chi connectivity index (χ2n) is 6.57. The lowest BCUT2D eigenvalue weighted by molar-refractivity contribution is -0.145. The molecule has 3 heterocycles. The molecule has 3 aliphatic heterocycles. The minimum absolute atomic E-state index is 0.135. The standard InChI is InChI=1S/C17H30NO3P/c1-3-6-14(19)7-5-8-17(20)21-12-16-18-10-9-15(22-16)13(4-2)11-18/h13,15-16,22H,3-12H2,1-2H3. The Morgan fingerprint density at radius 1 is 1.23 bits per heavy atom. The summed E-state index contributed by atoms with van der Waals surface area (Å²) in [5.74, 6) is 1.43. The average molecular weight is 327 g/mol. The maximum Gasteiger partial charge on any atom is 0.305 e. The van der Waals surface area contributed by atoms with Crippen LogP contribution in [0.15, 0.2) is 0 Å². The molecule has 0 radical (unpaired) electrons. The van der Waals surface area contributed by atoms with Gasteiger partial charge in [0, 0.05) is 25.8 Å². The van der Waals surface area contributed by atoms with Crippen LogP contribution in [0.1, 0.15) is 58.8 Å². The van der Waals surface area contributed by atoms with E-state index < -0.39 is 0 Å². The van der Waals surface area contributed by atoms with Gasteiger partial charge >= 0.3 is 5.97 Å². The molecule has 0 saturated carbocycles. The Balaban J connectivity index is 1.62. The van der Waals surface area contributed by atoms with E-state index in [2.05, 4.69) is 11.8 Å². The molecule has 5 atom stereocenters. The van der Waals surface area contributed by atoms with E-state index in [9.17, 15) is 9.59 Å². The summed E-state index contributed by atoms with van der Waals surface area (Å²) in [6, 6.07) is 0.